The maximum atomic E-state index is 11.2. The number of carboxylic acid groups (broad SMARTS) is 1. The van der Waals surface area contributed by atoms with Crippen molar-refractivity contribution in [3.8, 4) is 0 Å². The lowest BCUT2D eigenvalue weighted by Gasteiger charge is -2.21. The van der Waals surface area contributed by atoms with Gasteiger partial charge in [0, 0.05) is 23.5 Å². The van der Waals surface area contributed by atoms with Crippen LogP contribution in [0.1, 0.15) is 12.0 Å². The first-order valence-electron chi connectivity index (χ1n) is 5.95. The first-order valence-corrected chi connectivity index (χ1v) is 5.95. The third-order valence-electron chi connectivity index (χ3n) is 3.15. The number of carboxylic acids is 1. The number of hydrogen-bond donors (Lipinski definition) is 3. The summed E-state index contributed by atoms with van der Waals surface area (Å²) >= 11 is 0. The first-order chi connectivity index (χ1) is 9.46. The molecule has 0 spiro atoms. The highest BCUT2D eigenvalue weighted by molar-refractivity contribution is 6.25. The van der Waals surface area contributed by atoms with Crippen LogP contribution in [0.4, 0.5) is 0 Å². The molecule has 1 aromatic heterocycles. The van der Waals surface area contributed by atoms with Gasteiger partial charge in [-0.05, 0) is 11.6 Å². The van der Waals surface area contributed by atoms with E-state index < -0.39 is 23.8 Å². The number of aromatic amines is 1. The second-order valence-electron chi connectivity index (χ2n) is 4.63. The highest BCUT2D eigenvalue weighted by Gasteiger charge is 2.38. The number of nitrogens with one attached hydrogen (secondary N) is 1. The number of aliphatic carboxylic acids is 1. The van der Waals surface area contributed by atoms with E-state index in [0.717, 1.165) is 10.9 Å². The van der Waals surface area contributed by atoms with Crippen LogP contribution in [-0.2, 0) is 20.8 Å². The summed E-state index contributed by atoms with van der Waals surface area (Å²) in [5, 5.41) is 20.0. The Labute approximate surface area is 114 Å². The van der Waals surface area contributed by atoms with Crippen molar-refractivity contribution in [2.24, 2.45) is 0 Å². The quantitative estimate of drug-likeness (QED) is 0.531. The molecule has 0 aliphatic rings. The van der Waals surface area contributed by atoms with Crippen LogP contribution in [0.3, 0.4) is 0 Å². The molecule has 6 nitrogen and oxygen atoms in total. The number of aldehydes is 1. The van der Waals surface area contributed by atoms with Gasteiger partial charge in [-0.15, -0.1) is 0 Å². The van der Waals surface area contributed by atoms with Crippen molar-refractivity contribution in [3.63, 3.8) is 0 Å². The second-order valence-corrected chi connectivity index (χ2v) is 4.63. The highest BCUT2D eigenvalue weighted by atomic mass is 16.4. The van der Waals surface area contributed by atoms with E-state index >= 15 is 0 Å². The minimum Gasteiger partial charge on any atom is -0.479 e. The van der Waals surface area contributed by atoms with Crippen LogP contribution < -0.4 is 0 Å². The van der Waals surface area contributed by atoms with Crippen molar-refractivity contribution in [2.75, 3.05) is 0 Å². The van der Waals surface area contributed by atoms with Gasteiger partial charge < -0.3 is 15.2 Å². The smallest absolute Gasteiger partial charge is 0.336 e. The van der Waals surface area contributed by atoms with Gasteiger partial charge in [0.1, 0.15) is 0 Å². The number of benzene rings is 1. The number of para-hydroxylation sites is 1. The standard InChI is InChI=1S/C14H13NO5/c16-8-10(17)6-14(20,13(18)19)5-9-7-15-12-4-2-1-3-11(9)12/h1-4,7-8,15,20H,5-6H2,(H,18,19). The summed E-state index contributed by atoms with van der Waals surface area (Å²) in [5.41, 5.74) is -0.913. The molecule has 1 aromatic carbocycles. The van der Waals surface area contributed by atoms with E-state index in [2.05, 4.69) is 4.98 Å². The Hall–Kier alpha value is -2.47. The van der Waals surface area contributed by atoms with Crippen LogP contribution in [-0.4, -0.2) is 38.8 Å². The lowest BCUT2D eigenvalue weighted by atomic mass is 9.89. The first kappa shape index (κ1) is 14.0. The number of aromatic nitrogens is 1. The van der Waals surface area contributed by atoms with Gasteiger partial charge in [0.2, 0.25) is 0 Å². The lowest BCUT2D eigenvalue weighted by Crippen LogP contribution is -2.43. The third-order valence-corrected chi connectivity index (χ3v) is 3.15. The predicted molar refractivity (Wildman–Crippen MR) is 70.3 cm³/mol. The van der Waals surface area contributed by atoms with Gasteiger partial charge in [-0.25, -0.2) is 4.79 Å². The summed E-state index contributed by atoms with van der Waals surface area (Å²) in [5.74, 6) is -2.48. The van der Waals surface area contributed by atoms with Gasteiger partial charge in [0.05, 0.1) is 6.42 Å². The van der Waals surface area contributed by atoms with Crippen LogP contribution in [0, 0.1) is 0 Å². The number of aliphatic hydroxyl groups is 1. The average Bonchev–Trinajstić information content (AvgIpc) is 2.81. The fourth-order valence-corrected chi connectivity index (χ4v) is 2.14. The Balaban J connectivity index is 2.35. The summed E-state index contributed by atoms with van der Waals surface area (Å²) < 4.78 is 0. The van der Waals surface area contributed by atoms with Crippen molar-refractivity contribution in [2.45, 2.75) is 18.4 Å². The van der Waals surface area contributed by atoms with Crippen LogP contribution >= 0.6 is 0 Å². The molecule has 1 unspecified atom stereocenters. The molecule has 1 heterocycles. The highest BCUT2D eigenvalue weighted by Crippen LogP contribution is 2.24. The largest absolute Gasteiger partial charge is 0.479 e. The van der Waals surface area contributed by atoms with Crippen molar-refractivity contribution in [1.82, 2.24) is 4.98 Å². The number of ketones is 1. The molecule has 0 radical (unpaired) electrons. The normalized spacial score (nSPS) is 13.8. The van der Waals surface area contributed by atoms with Crippen molar-refractivity contribution in [3.05, 3.63) is 36.0 Å². The molecule has 6 heteroatoms. The fraction of sp³-hybridized carbons (Fsp3) is 0.214. The zero-order chi connectivity index (χ0) is 14.8. The molecule has 3 N–H and O–H groups in total. The number of Topliss-reactive ketones (excluding diaryl/α,β-unsaturated/α-hetero) is 1. The van der Waals surface area contributed by atoms with Crippen LogP contribution in [0.15, 0.2) is 30.5 Å². The van der Waals surface area contributed by atoms with Gasteiger partial charge in [-0.2, -0.15) is 0 Å². The maximum Gasteiger partial charge on any atom is 0.336 e. The molecule has 1 atom stereocenters. The minimum atomic E-state index is -2.29. The number of H-pyrrole nitrogens is 1. The molecule has 2 rings (SSSR count). The molecule has 0 fully saturated rings. The van der Waals surface area contributed by atoms with Gasteiger partial charge in [0.25, 0.3) is 0 Å². The van der Waals surface area contributed by atoms with E-state index in [1.54, 1.807) is 18.3 Å². The van der Waals surface area contributed by atoms with Gasteiger partial charge in [0.15, 0.2) is 17.7 Å². The molecule has 0 aliphatic heterocycles. The monoisotopic (exact) mass is 275 g/mol. The minimum absolute atomic E-state index is 0.0170. The van der Waals surface area contributed by atoms with E-state index in [-0.39, 0.29) is 12.7 Å². The van der Waals surface area contributed by atoms with Gasteiger partial charge in [-0.3, -0.25) is 9.59 Å². The van der Waals surface area contributed by atoms with E-state index in [1.165, 1.54) is 0 Å². The number of fused-ring (bicyclic) bond motifs is 1. The molecule has 104 valence electrons. The molecule has 0 aliphatic carbocycles. The van der Waals surface area contributed by atoms with Crippen molar-refractivity contribution < 1.29 is 24.6 Å². The van der Waals surface area contributed by atoms with Gasteiger partial charge >= 0.3 is 5.97 Å². The third kappa shape index (κ3) is 2.60. The van der Waals surface area contributed by atoms with E-state index in [4.69, 9.17) is 5.11 Å². The van der Waals surface area contributed by atoms with Crippen molar-refractivity contribution in [1.29, 1.82) is 0 Å². The number of carbonyl (C=O) groups is 3. The molecular formula is C14H13NO5. The maximum absolute atomic E-state index is 11.2. The molecule has 0 bridgehead atoms. The molecular weight excluding hydrogens is 262 g/mol. The number of hydrogen-bond acceptors (Lipinski definition) is 4. The molecule has 20 heavy (non-hydrogen) atoms. The predicted octanol–water partition coefficient (Wildman–Crippen LogP) is 0.684. The van der Waals surface area contributed by atoms with E-state index in [0.29, 0.717) is 5.56 Å². The molecule has 0 saturated carbocycles. The van der Waals surface area contributed by atoms with Gasteiger partial charge in [-0.1, -0.05) is 18.2 Å². The topological polar surface area (TPSA) is 107 Å². The summed E-state index contributed by atoms with van der Waals surface area (Å²) in [6.45, 7) is 0. The molecule has 2 aromatic rings. The Morgan fingerprint density at radius 3 is 2.65 bits per heavy atom. The lowest BCUT2D eigenvalue weighted by molar-refractivity contribution is -0.161. The summed E-state index contributed by atoms with van der Waals surface area (Å²) in [6.07, 6.45) is 0.602. The Kier molecular flexibility index (Phi) is 3.67. The van der Waals surface area contributed by atoms with Crippen LogP contribution in [0.25, 0.3) is 10.9 Å². The van der Waals surface area contributed by atoms with E-state index in [9.17, 15) is 19.5 Å². The summed E-state index contributed by atoms with van der Waals surface area (Å²) in [4.78, 5) is 35.7. The van der Waals surface area contributed by atoms with Crippen molar-refractivity contribution >= 4 is 28.9 Å². The van der Waals surface area contributed by atoms with Crippen LogP contribution in [0.2, 0.25) is 0 Å². The Bertz CT molecular complexity index is 675. The fourth-order valence-electron chi connectivity index (χ4n) is 2.14. The zero-order valence-corrected chi connectivity index (χ0v) is 10.5. The second kappa shape index (κ2) is 5.26. The average molecular weight is 275 g/mol. The van der Waals surface area contributed by atoms with E-state index in [1.807, 2.05) is 12.1 Å². The summed E-state index contributed by atoms with van der Waals surface area (Å²) in [7, 11) is 0. The number of rotatable bonds is 6. The zero-order valence-electron chi connectivity index (χ0n) is 10.5. The summed E-state index contributed by atoms with van der Waals surface area (Å²) in [6, 6.07) is 7.21. The SMILES string of the molecule is O=CC(=O)CC(O)(Cc1c[nH]c2ccccc12)C(=O)O. The number of carbonyl (C=O) groups excluding carboxylic acids is 2. The molecule has 0 saturated heterocycles. The Morgan fingerprint density at radius 1 is 1.30 bits per heavy atom. The Morgan fingerprint density at radius 2 is 2.00 bits per heavy atom. The van der Waals surface area contributed by atoms with Crippen LogP contribution in [0.5, 0.6) is 0 Å². The molecule has 0 amide bonds.